The van der Waals surface area contributed by atoms with Gasteiger partial charge in [-0.05, 0) is 102 Å². The Balaban J connectivity index is 1.06. The van der Waals surface area contributed by atoms with E-state index < -0.39 is 151 Å². The van der Waals surface area contributed by atoms with E-state index in [9.17, 15) is 72.9 Å². The number of aromatic amines is 2. The number of imidazole rings is 1. The molecule has 33 heteroatoms. The van der Waals surface area contributed by atoms with Crippen LogP contribution in [-0.2, 0) is 84.8 Å². The average Bonchev–Trinajstić information content (AvgIpc) is 1.74. The summed E-state index contributed by atoms with van der Waals surface area (Å²) in [6, 6.07) is 17.1. The van der Waals surface area contributed by atoms with Crippen molar-refractivity contribution in [3.8, 4) is 11.5 Å². The molecule has 0 unspecified atom stereocenters. The number of rotatable bonds is 39. The van der Waals surface area contributed by atoms with Gasteiger partial charge >= 0.3 is 5.97 Å². The minimum absolute atomic E-state index is 0.0362. The number of hydrazine groups is 1. The summed E-state index contributed by atoms with van der Waals surface area (Å²) in [6.45, 7) is 3.78. The molecule has 0 aliphatic heterocycles. The maximum atomic E-state index is 14.8. The fourth-order valence-electron chi connectivity index (χ4n) is 10.7. The minimum Gasteiger partial charge on any atom is -0.508 e. The van der Waals surface area contributed by atoms with E-state index in [0.29, 0.717) is 44.6 Å². The van der Waals surface area contributed by atoms with Crippen molar-refractivity contribution < 1.29 is 72.9 Å². The maximum absolute atomic E-state index is 14.8. The van der Waals surface area contributed by atoms with Crippen molar-refractivity contribution in [1.29, 1.82) is 0 Å². The van der Waals surface area contributed by atoms with Gasteiger partial charge in [-0.1, -0.05) is 86.6 Å². The fourth-order valence-corrected chi connectivity index (χ4v) is 11.2. The lowest BCUT2D eigenvalue weighted by Gasteiger charge is -2.27. The van der Waals surface area contributed by atoms with Crippen LogP contribution in [0.25, 0.3) is 10.9 Å². The first-order chi connectivity index (χ1) is 49.3. The molecule has 7 aromatic rings. The topological polar surface area (TPSA) is 507 Å². The number of para-hydroxylation sites is 1. The third-order valence-electron chi connectivity index (χ3n) is 16.4. The Labute approximate surface area is 596 Å². The lowest BCUT2D eigenvalue weighted by Crippen LogP contribution is -2.60. The van der Waals surface area contributed by atoms with Gasteiger partial charge in [0, 0.05) is 73.7 Å². The monoisotopic (exact) mass is 1440 g/mol. The molecular formula is C70H85N17O15S. The van der Waals surface area contributed by atoms with Gasteiger partial charge in [0.2, 0.25) is 59.1 Å². The van der Waals surface area contributed by atoms with E-state index in [0.717, 1.165) is 0 Å². The van der Waals surface area contributed by atoms with Crippen LogP contribution in [0.5, 0.6) is 11.5 Å². The lowest BCUT2D eigenvalue weighted by atomic mass is 10.0. The number of carboxylic acids is 1. The molecule has 7 rings (SSSR count). The second-order valence-corrected chi connectivity index (χ2v) is 25.6. The maximum Gasteiger partial charge on any atom is 0.326 e. The van der Waals surface area contributed by atoms with Crippen LogP contribution in [0.1, 0.15) is 78.3 Å². The Hall–Kier alpha value is -11.9. The molecule has 0 spiro atoms. The van der Waals surface area contributed by atoms with Crippen molar-refractivity contribution in [2.75, 3.05) is 24.0 Å². The quantitative estimate of drug-likeness (QED) is 0.0179. The molecule has 11 amide bonds. The molecular weight excluding hydrogens is 1350 g/mol. The molecule has 4 aromatic carbocycles. The number of primary amides is 1. The Morgan fingerprint density at radius 3 is 1.58 bits per heavy atom. The largest absolute Gasteiger partial charge is 0.508 e. The number of carbonyl (C=O) groups is 12. The number of phenolic OH excluding ortho intramolecular Hbond substituents is 2. The number of nitrogens with two attached hydrogens (primary N) is 2. The van der Waals surface area contributed by atoms with Gasteiger partial charge in [-0.15, -0.1) is 0 Å². The number of aromatic hydroxyl groups is 2. The van der Waals surface area contributed by atoms with Gasteiger partial charge in [0.1, 0.15) is 71.7 Å². The molecule has 0 saturated heterocycles. The molecule has 0 fully saturated rings. The number of carbonyl (C=O) groups excluding carboxylic acids is 11. The smallest absolute Gasteiger partial charge is 0.326 e. The number of aromatic nitrogens is 4. The number of nitrogen functional groups attached to an aromatic ring is 1. The SMILES string of the molecule is CSCC[C@H](NC(=O)[C@@H](Cc1ccccc1)NC(=O)[C@H](Cc1cnc[nH]1)NC(=O)CNC(=O)[C@@H](NC(=O)[C@H](C)NC(=O)[C@H](Cc1c[nH]c2ccccc12)NC(=O)[C@H](CCC(N)=O)NC(=O)[C@@H](Cc1ccc(O)cc1)NC(=O)[C@@H](Cc1ccc(O)cc1)NC(=O)c1ccc(NN)nc1)C(C)C)C(=O)O. The van der Waals surface area contributed by atoms with Crippen LogP contribution in [0, 0.1) is 5.92 Å². The number of phenols is 2. The minimum atomic E-state index is -1.65. The summed E-state index contributed by atoms with van der Waals surface area (Å²) < 4.78 is 0. The molecule has 32 nitrogen and oxygen atoms in total. The first-order valence-corrected chi connectivity index (χ1v) is 34.2. The standard InChI is InChI=1S/C70H85N17O15S/c1-38(2)60(69(100)76-36-59(91)79-56(32-45-35-73-37-77-45)68(99)84-53(28-40-10-6-5-7-11-40)66(97)81-51(70(101)102)26-27-103-4)86-61(92)39(3)78-64(95)55(31-44-34-74-49-13-9-8-12-48(44)49)85-63(94)50(23-24-57(71)90)80-65(96)54(30-42-16-21-47(89)22-17-42)83-67(98)52(29-41-14-19-46(88)20-15-41)82-62(93)43-18-25-58(87-72)75-33-43/h5-22,25,33-35,37-39,50-56,60,74,88-89H,23-24,26-32,36,72H2,1-4H3,(H2,71,90)(H,73,77)(H,75,87)(H,76,100)(H,78,95)(H,79,91)(H,80,96)(H,81,97)(H,82,93)(H,83,98)(H,84,99)(H,85,94)(H,86,92)(H,101,102)/t39-,50-,51-,52+,53+,54+,55-,56-,60-/m0/s1. The highest BCUT2D eigenvalue weighted by molar-refractivity contribution is 7.98. The van der Waals surface area contributed by atoms with Crippen molar-refractivity contribution in [2.45, 2.75) is 127 Å². The van der Waals surface area contributed by atoms with E-state index in [2.05, 4.69) is 78.5 Å². The van der Waals surface area contributed by atoms with E-state index in [-0.39, 0.29) is 61.4 Å². The molecule has 0 aliphatic carbocycles. The van der Waals surface area contributed by atoms with Gasteiger partial charge < -0.3 is 89.6 Å². The number of aliphatic carboxylic acids is 1. The molecule has 9 atom stereocenters. The van der Waals surface area contributed by atoms with Crippen molar-refractivity contribution >= 4 is 99.4 Å². The highest BCUT2D eigenvalue weighted by atomic mass is 32.2. The number of nitrogens with zero attached hydrogens (tertiary/aromatic N) is 2. The Morgan fingerprint density at radius 1 is 0.524 bits per heavy atom. The molecule has 20 N–H and O–H groups in total. The van der Waals surface area contributed by atoms with Crippen molar-refractivity contribution in [3.63, 3.8) is 0 Å². The molecule has 546 valence electrons. The van der Waals surface area contributed by atoms with Crippen LogP contribution in [0.4, 0.5) is 5.82 Å². The van der Waals surface area contributed by atoms with Crippen LogP contribution in [-0.4, -0.2) is 179 Å². The summed E-state index contributed by atoms with van der Waals surface area (Å²) in [6.07, 6.45) is 5.67. The third-order valence-corrected chi connectivity index (χ3v) is 17.1. The normalized spacial score (nSPS) is 13.7. The number of pyridine rings is 1. The predicted molar refractivity (Wildman–Crippen MR) is 379 cm³/mol. The molecule has 3 aromatic heterocycles. The number of carboxylic acid groups (broad SMARTS) is 1. The van der Waals surface area contributed by atoms with Crippen LogP contribution in [0.2, 0.25) is 0 Å². The van der Waals surface area contributed by atoms with Gasteiger partial charge in [-0.3, -0.25) is 52.7 Å². The summed E-state index contributed by atoms with van der Waals surface area (Å²) >= 11 is 1.39. The van der Waals surface area contributed by atoms with E-state index in [1.54, 1.807) is 80.9 Å². The molecule has 103 heavy (non-hydrogen) atoms. The van der Waals surface area contributed by atoms with Gasteiger partial charge in [0.25, 0.3) is 5.91 Å². The fraction of sp³-hybridized carbons (Fsp3) is 0.343. The Bertz CT molecular complexity index is 4070. The zero-order chi connectivity index (χ0) is 74.7. The third kappa shape index (κ3) is 24.5. The molecule has 3 heterocycles. The predicted octanol–water partition coefficient (Wildman–Crippen LogP) is 0.0684. The van der Waals surface area contributed by atoms with Gasteiger partial charge in [0.05, 0.1) is 18.4 Å². The number of H-pyrrole nitrogens is 2. The Kier molecular flexibility index (Phi) is 29.4. The number of amides is 11. The highest BCUT2D eigenvalue weighted by Crippen LogP contribution is 2.21. The molecule has 0 aliphatic rings. The summed E-state index contributed by atoms with van der Waals surface area (Å²) in [5.74, 6) is -5.63. The summed E-state index contributed by atoms with van der Waals surface area (Å²) in [4.78, 5) is 181. The second kappa shape index (κ2) is 38.6. The van der Waals surface area contributed by atoms with Crippen molar-refractivity contribution in [1.82, 2.24) is 73.1 Å². The summed E-state index contributed by atoms with van der Waals surface area (Å²) in [7, 11) is 0. The number of anilines is 1. The van der Waals surface area contributed by atoms with Gasteiger partial charge in [-0.25, -0.2) is 20.6 Å². The summed E-state index contributed by atoms with van der Waals surface area (Å²) in [5, 5.41) is 56.8. The van der Waals surface area contributed by atoms with Crippen LogP contribution in [0.3, 0.4) is 0 Å². The number of thioether (sulfide) groups is 1. The number of benzene rings is 4. The highest BCUT2D eigenvalue weighted by Gasteiger charge is 2.36. The van der Waals surface area contributed by atoms with E-state index in [1.807, 2.05) is 0 Å². The lowest BCUT2D eigenvalue weighted by molar-refractivity contribution is -0.142. The van der Waals surface area contributed by atoms with E-state index >= 15 is 0 Å². The van der Waals surface area contributed by atoms with Gasteiger partial charge in [0.15, 0.2) is 0 Å². The zero-order valence-electron chi connectivity index (χ0n) is 56.8. The van der Waals surface area contributed by atoms with Gasteiger partial charge in [-0.2, -0.15) is 11.8 Å². The number of fused-ring (bicyclic) bond motifs is 1. The van der Waals surface area contributed by atoms with Crippen LogP contribution in [0.15, 0.2) is 140 Å². The average molecular weight is 1440 g/mol. The summed E-state index contributed by atoms with van der Waals surface area (Å²) in [5.41, 5.74) is 11.1. The molecule has 0 saturated carbocycles. The van der Waals surface area contributed by atoms with Crippen LogP contribution >= 0.6 is 11.8 Å². The van der Waals surface area contributed by atoms with Crippen molar-refractivity contribution in [2.24, 2.45) is 17.5 Å². The Morgan fingerprint density at radius 2 is 1.05 bits per heavy atom. The number of nitrogens with one attached hydrogen (secondary N) is 13. The van der Waals surface area contributed by atoms with E-state index in [4.69, 9.17) is 11.6 Å². The van der Waals surface area contributed by atoms with Crippen LogP contribution < -0.4 is 70.2 Å². The van der Waals surface area contributed by atoms with Crippen molar-refractivity contribution in [3.05, 3.63) is 174 Å². The number of hydrogen-bond donors (Lipinski definition) is 18. The zero-order valence-corrected chi connectivity index (χ0v) is 57.6. The molecule has 0 bridgehead atoms. The second-order valence-electron chi connectivity index (χ2n) is 24.6. The number of hydrogen-bond acceptors (Lipinski definition) is 19. The van der Waals surface area contributed by atoms with E-state index in [1.165, 1.54) is 98.1 Å². The first kappa shape index (κ1) is 78.5. The first-order valence-electron chi connectivity index (χ1n) is 32.8. The molecule has 0 radical (unpaired) electrons.